The van der Waals surface area contributed by atoms with Gasteiger partial charge in [0, 0.05) is 18.0 Å². The molecule has 0 spiro atoms. The maximum atomic E-state index is 5.05. The highest BCUT2D eigenvalue weighted by molar-refractivity contribution is 8.14. The predicted molar refractivity (Wildman–Crippen MR) is 96.7 cm³/mol. The minimum atomic E-state index is 0.0925. The molecule has 0 saturated carbocycles. The minimum Gasteiger partial charge on any atom is -0.338 e. The number of benzene rings is 1. The van der Waals surface area contributed by atoms with Crippen molar-refractivity contribution in [2.45, 2.75) is 38.4 Å². The molecule has 3 atom stereocenters. The van der Waals surface area contributed by atoms with E-state index in [4.69, 9.17) is 4.99 Å². The van der Waals surface area contributed by atoms with Crippen molar-refractivity contribution in [1.29, 1.82) is 0 Å². The Bertz CT molecular complexity index is 728. The first-order valence-electron chi connectivity index (χ1n) is 8.24. The number of hydrogen-bond acceptors (Lipinski definition) is 4. The SMILES string of the molecule is CCC1CSC2=NC(c3ccccn3)C(c3cccc(C)c3)N21. The molecule has 0 amide bonds. The van der Waals surface area contributed by atoms with Crippen LogP contribution in [0.15, 0.2) is 53.7 Å². The van der Waals surface area contributed by atoms with Crippen LogP contribution in [0, 0.1) is 6.92 Å². The van der Waals surface area contributed by atoms with E-state index in [0.717, 1.165) is 17.9 Å². The molecular formula is C19H21N3S. The van der Waals surface area contributed by atoms with E-state index in [0.29, 0.717) is 6.04 Å². The molecule has 0 aliphatic carbocycles. The van der Waals surface area contributed by atoms with E-state index in [1.54, 1.807) is 0 Å². The van der Waals surface area contributed by atoms with E-state index >= 15 is 0 Å². The molecule has 2 aliphatic rings. The summed E-state index contributed by atoms with van der Waals surface area (Å²) in [5.74, 6) is 1.15. The summed E-state index contributed by atoms with van der Waals surface area (Å²) in [7, 11) is 0. The number of aliphatic imine (C=N–C) groups is 1. The lowest BCUT2D eigenvalue weighted by Gasteiger charge is -2.32. The number of aromatic nitrogens is 1. The Hall–Kier alpha value is -1.81. The zero-order chi connectivity index (χ0) is 15.8. The molecule has 118 valence electrons. The summed E-state index contributed by atoms with van der Waals surface area (Å²) < 4.78 is 0. The van der Waals surface area contributed by atoms with Crippen molar-refractivity contribution in [2.24, 2.45) is 4.99 Å². The molecule has 3 heterocycles. The maximum Gasteiger partial charge on any atom is 0.160 e. The van der Waals surface area contributed by atoms with Crippen LogP contribution in [0.1, 0.15) is 42.2 Å². The second-order valence-electron chi connectivity index (χ2n) is 6.25. The Morgan fingerprint density at radius 2 is 2.13 bits per heavy atom. The molecule has 3 unspecified atom stereocenters. The highest BCUT2D eigenvalue weighted by Crippen LogP contribution is 2.48. The Kier molecular flexibility index (Phi) is 3.85. The third-order valence-corrected chi connectivity index (χ3v) is 5.84. The maximum absolute atomic E-state index is 5.05. The molecule has 1 aromatic carbocycles. The number of thioether (sulfide) groups is 1. The first kappa shape index (κ1) is 14.8. The van der Waals surface area contributed by atoms with Crippen molar-refractivity contribution < 1.29 is 0 Å². The molecule has 1 saturated heterocycles. The fourth-order valence-electron chi connectivity index (χ4n) is 3.56. The summed E-state index contributed by atoms with van der Waals surface area (Å²) in [6, 6.07) is 15.9. The fraction of sp³-hybridized carbons (Fsp3) is 0.368. The Labute approximate surface area is 141 Å². The van der Waals surface area contributed by atoms with Crippen molar-refractivity contribution in [3.63, 3.8) is 0 Å². The number of rotatable bonds is 3. The van der Waals surface area contributed by atoms with Crippen LogP contribution in [0.3, 0.4) is 0 Å². The van der Waals surface area contributed by atoms with Gasteiger partial charge in [-0.1, -0.05) is 54.6 Å². The Morgan fingerprint density at radius 3 is 2.87 bits per heavy atom. The van der Waals surface area contributed by atoms with Crippen molar-refractivity contribution in [1.82, 2.24) is 9.88 Å². The van der Waals surface area contributed by atoms with Gasteiger partial charge in [-0.05, 0) is 31.0 Å². The normalized spacial score (nSPS) is 26.3. The van der Waals surface area contributed by atoms with Crippen LogP contribution in [-0.2, 0) is 0 Å². The number of aryl methyl sites for hydroxylation is 1. The summed E-state index contributed by atoms with van der Waals surface area (Å²) in [5, 5.41) is 1.19. The molecule has 1 fully saturated rings. The lowest BCUT2D eigenvalue weighted by Crippen LogP contribution is -2.35. The van der Waals surface area contributed by atoms with E-state index in [-0.39, 0.29) is 12.1 Å². The number of amidine groups is 1. The second-order valence-corrected chi connectivity index (χ2v) is 7.24. The molecule has 4 heteroatoms. The smallest absolute Gasteiger partial charge is 0.160 e. The lowest BCUT2D eigenvalue weighted by molar-refractivity contribution is 0.255. The minimum absolute atomic E-state index is 0.0925. The van der Waals surface area contributed by atoms with Gasteiger partial charge in [0.2, 0.25) is 0 Å². The molecule has 23 heavy (non-hydrogen) atoms. The van der Waals surface area contributed by atoms with Crippen LogP contribution < -0.4 is 0 Å². The summed E-state index contributed by atoms with van der Waals surface area (Å²) in [6.45, 7) is 4.43. The number of pyridine rings is 1. The zero-order valence-corrected chi connectivity index (χ0v) is 14.3. The standard InChI is InChI=1S/C19H21N3S/c1-3-15-12-23-19-21-17(16-9-4-5-10-20-16)18(22(15)19)14-8-6-7-13(2)11-14/h4-11,15,17-18H,3,12H2,1-2H3. The monoisotopic (exact) mass is 323 g/mol. The van der Waals surface area contributed by atoms with Gasteiger partial charge in [0.15, 0.2) is 5.17 Å². The third kappa shape index (κ3) is 2.55. The van der Waals surface area contributed by atoms with Crippen LogP contribution in [0.25, 0.3) is 0 Å². The van der Waals surface area contributed by atoms with Crippen LogP contribution in [0.2, 0.25) is 0 Å². The molecule has 0 N–H and O–H groups in total. The summed E-state index contributed by atoms with van der Waals surface area (Å²) in [4.78, 5) is 12.2. The largest absolute Gasteiger partial charge is 0.338 e. The summed E-state index contributed by atoms with van der Waals surface area (Å²) in [6.07, 6.45) is 3.03. The predicted octanol–water partition coefficient (Wildman–Crippen LogP) is 4.37. The molecule has 2 aliphatic heterocycles. The van der Waals surface area contributed by atoms with Gasteiger partial charge in [-0.15, -0.1) is 0 Å². The second kappa shape index (κ2) is 6.00. The topological polar surface area (TPSA) is 28.5 Å². The van der Waals surface area contributed by atoms with E-state index < -0.39 is 0 Å². The van der Waals surface area contributed by atoms with Gasteiger partial charge >= 0.3 is 0 Å². The first-order chi connectivity index (χ1) is 11.3. The summed E-state index contributed by atoms with van der Waals surface area (Å²) in [5.41, 5.74) is 3.72. The van der Waals surface area contributed by atoms with Crippen molar-refractivity contribution in [3.05, 3.63) is 65.5 Å². The lowest BCUT2D eigenvalue weighted by atomic mass is 9.94. The highest BCUT2D eigenvalue weighted by Gasteiger charge is 2.45. The molecule has 0 bridgehead atoms. The van der Waals surface area contributed by atoms with Crippen LogP contribution in [0.5, 0.6) is 0 Å². The molecule has 0 radical (unpaired) electrons. The number of nitrogens with zero attached hydrogens (tertiary/aromatic N) is 3. The zero-order valence-electron chi connectivity index (χ0n) is 13.5. The van der Waals surface area contributed by atoms with E-state index in [2.05, 4.69) is 60.1 Å². The Morgan fingerprint density at radius 1 is 1.22 bits per heavy atom. The van der Waals surface area contributed by atoms with Crippen LogP contribution in [0.4, 0.5) is 0 Å². The van der Waals surface area contributed by atoms with Gasteiger partial charge < -0.3 is 4.90 Å². The van der Waals surface area contributed by atoms with Gasteiger partial charge in [-0.2, -0.15) is 0 Å². The average molecular weight is 323 g/mol. The van der Waals surface area contributed by atoms with E-state index in [1.807, 2.05) is 24.0 Å². The number of hydrogen-bond donors (Lipinski definition) is 0. The molecule has 3 nitrogen and oxygen atoms in total. The van der Waals surface area contributed by atoms with Crippen molar-refractivity contribution in [3.8, 4) is 0 Å². The molecule has 1 aromatic heterocycles. The summed E-state index contributed by atoms with van der Waals surface area (Å²) >= 11 is 1.89. The first-order valence-corrected chi connectivity index (χ1v) is 9.23. The molecule has 4 rings (SSSR count). The van der Waals surface area contributed by atoms with Gasteiger partial charge in [-0.3, -0.25) is 9.98 Å². The van der Waals surface area contributed by atoms with Crippen LogP contribution >= 0.6 is 11.8 Å². The van der Waals surface area contributed by atoms with Gasteiger partial charge in [0.1, 0.15) is 6.04 Å². The van der Waals surface area contributed by atoms with Crippen LogP contribution in [-0.4, -0.2) is 26.8 Å². The highest BCUT2D eigenvalue weighted by atomic mass is 32.2. The van der Waals surface area contributed by atoms with Gasteiger partial charge in [0.05, 0.1) is 11.7 Å². The van der Waals surface area contributed by atoms with E-state index in [9.17, 15) is 0 Å². The Balaban J connectivity index is 1.80. The van der Waals surface area contributed by atoms with Crippen molar-refractivity contribution in [2.75, 3.05) is 5.75 Å². The van der Waals surface area contributed by atoms with E-state index in [1.165, 1.54) is 16.3 Å². The van der Waals surface area contributed by atoms with Crippen molar-refractivity contribution >= 4 is 16.9 Å². The average Bonchev–Trinajstić information content (AvgIpc) is 3.14. The quantitative estimate of drug-likeness (QED) is 0.840. The molecule has 2 aromatic rings. The van der Waals surface area contributed by atoms with Gasteiger partial charge in [0.25, 0.3) is 0 Å². The third-order valence-electron chi connectivity index (χ3n) is 4.71. The number of fused-ring (bicyclic) bond motifs is 1. The fourth-order valence-corrected chi connectivity index (χ4v) is 4.90. The van der Waals surface area contributed by atoms with Gasteiger partial charge in [-0.25, -0.2) is 0 Å². The molecular weight excluding hydrogens is 302 g/mol.